The van der Waals surface area contributed by atoms with Gasteiger partial charge in [-0.25, -0.2) is 4.98 Å². The van der Waals surface area contributed by atoms with E-state index in [1.54, 1.807) is 11.3 Å². The van der Waals surface area contributed by atoms with Crippen molar-refractivity contribution in [1.82, 2.24) is 4.98 Å². The Labute approximate surface area is 85.0 Å². The van der Waals surface area contributed by atoms with Crippen molar-refractivity contribution in [3.05, 3.63) is 36.4 Å². The summed E-state index contributed by atoms with van der Waals surface area (Å²) >= 11 is 1.55. The number of fused-ring (bicyclic) bond motifs is 3. The van der Waals surface area contributed by atoms with E-state index >= 15 is 0 Å². The summed E-state index contributed by atoms with van der Waals surface area (Å²) in [6, 6.07) is 12.4. The second-order valence-electron chi connectivity index (χ2n) is 3.19. The van der Waals surface area contributed by atoms with Crippen molar-refractivity contribution in [3.63, 3.8) is 0 Å². The molecule has 2 aromatic carbocycles. The smallest absolute Gasteiger partial charge is 0.181 e. The van der Waals surface area contributed by atoms with Gasteiger partial charge in [0.05, 0.1) is 10.2 Å². The highest BCUT2D eigenvalue weighted by Gasteiger charge is 2.04. The van der Waals surface area contributed by atoms with Crippen LogP contribution in [0.1, 0.15) is 0 Å². The summed E-state index contributed by atoms with van der Waals surface area (Å²) in [4.78, 5) is 4.26. The molecule has 14 heavy (non-hydrogen) atoms. The number of nitrogens with two attached hydrogens (primary N) is 1. The number of anilines is 1. The predicted molar refractivity (Wildman–Crippen MR) is 61.5 cm³/mol. The van der Waals surface area contributed by atoms with Gasteiger partial charge in [0.1, 0.15) is 0 Å². The molecule has 3 aromatic rings. The van der Waals surface area contributed by atoms with E-state index in [1.807, 2.05) is 18.2 Å². The Morgan fingerprint density at radius 3 is 2.86 bits per heavy atom. The van der Waals surface area contributed by atoms with Crippen molar-refractivity contribution in [2.75, 3.05) is 5.73 Å². The Balaban J connectivity index is 2.60. The molecule has 1 aromatic heterocycles. The van der Waals surface area contributed by atoms with E-state index in [0.717, 1.165) is 5.52 Å². The standard InChI is InChI=1S/C11H8N2S/c12-11-13-9-6-5-7-3-1-2-4-8(7)10(9)14-11/h1-6H,(H2,12,13). The summed E-state index contributed by atoms with van der Waals surface area (Å²) in [5.41, 5.74) is 6.68. The van der Waals surface area contributed by atoms with E-state index in [9.17, 15) is 0 Å². The van der Waals surface area contributed by atoms with E-state index in [2.05, 4.69) is 23.2 Å². The lowest BCUT2D eigenvalue weighted by atomic mass is 10.1. The molecule has 0 unspecified atom stereocenters. The Bertz CT molecular complexity index is 613. The first-order chi connectivity index (χ1) is 6.84. The third-order valence-electron chi connectivity index (χ3n) is 2.30. The minimum Gasteiger partial charge on any atom is -0.375 e. The van der Waals surface area contributed by atoms with E-state index in [1.165, 1.54) is 15.5 Å². The van der Waals surface area contributed by atoms with E-state index < -0.39 is 0 Å². The van der Waals surface area contributed by atoms with Crippen LogP contribution in [0.5, 0.6) is 0 Å². The summed E-state index contributed by atoms with van der Waals surface area (Å²) in [7, 11) is 0. The molecule has 0 saturated carbocycles. The number of thiazole rings is 1. The molecule has 0 aliphatic heterocycles. The van der Waals surface area contributed by atoms with Gasteiger partial charge in [0.25, 0.3) is 0 Å². The first kappa shape index (κ1) is 7.76. The molecule has 3 rings (SSSR count). The zero-order chi connectivity index (χ0) is 9.54. The summed E-state index contributed by atoms with van der Waals surface area (Å²) in [5, 5.41) is 3.11. The second-order valence-corrected chi connectivity index (χ2v) is 4.22. The summed E-state index contributed by atoms with van der Waals surface area (Å²) < 4.78 is 1.18. The lowest BCUT2D eigenvalue weighted by molar-refractivity contribution is 1.50. The van der Waals surface area contributed by atoms with Crippen LogP contribution < -0.4 is 5.73 Å². The molecular formula is C11H8N2S. The molecule has 1 heterocycles. The average Bonchev–Trinajstić information content (AvgIpc) is 2.59. The Morgan fingerprint density at radius 2 is 1.93 bits per heavy atom. The third-order valence-corrected chi connectivity index (χ3v) is 3.23. The molecule has 0 saturated heterocycles. The number of hydrogen-bond acceptors (Lipinski definition) is 3. The van der Waals surface area contributed by atoms with Gasteiger partial charge in [0.2, 0.25) is 0 Å². The highest BCUT2D eigenvalue weighted by molar-refractivity contribution is 7.23. The van der Waals surface area contributed by atoms with Crippen LogP contribution in [0, 0.1) is 0 Å². The summed E-state index contributed by atoms with van der Waals surface area (Å²) in [6.07, 6.45) is 0. The van der Waals surface area contributed by atoms with Crippen molar-refractivity contribution in [2.24, 2.45) is 0 Å². The van der Waals surface area contributed by atoms with Crippen molar-refractivity contribution < 1.29 is 0 Å². The van der Waals surface area contributed by atoms with Crippen molar-refractivity contribution >= 4 is 37.5 Å². The zero-order valence-electron chi connectivity index (χ0n) is 7.40. The van der Waals surface area contributed by atoms with Crippen LogP contribution in [-0.4, -0.2) is 4.98 Å². The molecule has 0 radical (unpaired) electrons. The molecule has 2 nitrogen and oxygen atoms in total. The summed E-state index contributed by atoms with van der Waals surface area (Å²) in [6.45, 7) is 0. The van der Waals surface area contributed by atoms with E-state index in [-0.39, 0.29) is 0 Å². The van der Waals surface area contributed by atoms with Crippen LogP contribution in [0.15, 0.2) is 36.4 Å². The van der Waals surface area contributed by atoms with Gasteiger partial charge in [-0.1, -0.05) is 41.7 Å². The molecule has 0 spiro atoms. The Morgan fingerprint density at radius 1 is 1.07 bits per heavy atom. The predicted octanol–water partition coefficient (Wildman–Crippen LogP) is 3.03. The highest BCUT2D eigenvalue weighted by Crippen LogP contribution is 2.30. The molecule has 0 amide bonds. The third kappa shape index (κ3) is 0.992. The Kier molecular flexibility index (Phi) is 1.49. The van der Waals surface area contributed by atoms with Gasteiger partial charge in [-0.2, -0.15) is 0 Å². The molecular weight excluding hydrogens is 192 g/mol. The Hall–Kier alpha value is -1.61. The van der Waals surface area contributed by atoms with Gasteiger partial charge < -0.3 is 5.73 Å². The maximum atomic E-state index is 5.69. The van der Waals surface area contributed by atoms with Crippen LogP contribution in [0.2, 0.25) is 0 Å². The summed E-state index contributed by atoms with van der Waals surface area (Å²) in [5.74, 6) is 0. The fourth-order valence-corrected chi connectivity index (χ4v) is 2.54. The number of benzene rings is 2. The first-order valence-electron chi connectivity index (χ1n) is 4.38. The van der Waals surface area contributed by atoms with Gasteiger partial charge in [-0.05, 0) is 11.5 Å². The molecule has 68 valence electrons. The number of nitrogens with zero attached hydrogens (tertiary/aromatic N) is 1. The quantitative estimate of drug-likeness (QED) is 0.605. The lowest BCUT2D eigenvalue weighted by Crippen LogP contribution is -1.78. The van der Waals surface area contributed by atoms with Crippen LogP contribution in [-0.2, 0) is 0 Å². The second kappa shape index (κ2) is 2.69. The van der Waals surface area contributed by atoms with E-state index in [4.69, 9.17) is 5.73 Å². The van der Waals surface area contributed by atoms with Gasteiger partial charge in [0, 0.05) is 5.39 Å². The molecule has 0 aliphatic rings. The largest absolute Gasteiger partial charge is 0.375 e. The molecule has 0 bridgehead atoms. The van der Waals surface area contributed by atoms with Crippen LogP contribution >= 0.6 is 11.3 Å². The monoisotopic (exact) mass is 200 g/mol. The minimum absolute atomic E-state index is 0.636. The van der Waals surface area contributed by atoms with Gasteiger partial charge in [0.15, 0.2) is 5.13 Å². The molecule has 0 fully saturated rings. The fourth-order valence-electron chi connectivity index (χ4n) is 1.67. The maximum Gasteiger partial charge on any atom is 0.181 e. The zero-order valence-corrected chi connectivity index (χ0v) is 8.21. The normalized spacial score (nSPS) is 11.1. The lowest BCUT2D eigenvalue weighted by Gasteiger charge is -1.96. The molecule has 2 N–H and O–H groups in total. The van der Waals surface area contributed by atoms with E-state index in [0.29, 0.717) is 5.13 Å². The number of nitrogen functional groups attached to an aromatic ring is 1. The number of aromatic nitrogens is 1. The number of rotatable bonds is 0. The van der Waals surface area contributed by atoms with Crippen molar-refractivity contribution in [2.45, 2.75) is 0 Å². The maximum absolute atomic E-state index is 5.69. The van der Waals surface area contributed by atoms with Crippen molar-refractivity contribution in [1.29, 1.82) is 0 Å². The van der Waals surface area contributed by atoms with Crippen molar-refractivity contribution in [3.8, 4) is 0 Å². The van der Waals surface area contributed by atoms with Gasteiger partial charge >= 0.3 is 0 Å². The van der Waals surface area contributed by atoms with Gasteiger partial charge in [-0.3, -0.25) is 0 Å². The first-order valence-corrected chi connectivity index (χ1v) is 5.20. The SMILES string of the molecule is Nc1nc2ccc3ccccc3c2s1. The average molecular weight is 200 g/mol. The number of hydrogen-bond donors (Lipinski definition) is 1. The van der Waals surface area contributed by atoms with Gasteiger partial charge in [-0.15, -0.1) is 0 Å². The van der Waals surface area contributed by atoms with Crippen LogP contribution in [0.3, 0.4) is 0 Å². The molecule has 3 heteroatoms. The molecule has 0 atom stereocenters. The fraction of sp³-hybridized carbons (Fsp3) is 0. The van der Waals surface area contributed by atoms with Crippen LogP contribution in [0.4, 0.5) is 5.13 Å². The highest BCUT2D eigenvalue weighted by atomic mass is 32.1. The van der Waals surface area contributed by atoms with Crippen LogP contribution in [0.25, 0.3) is 21.0 Å². The molecule has 0 aliphatic carbocycles. The topological polar surface area (TPSA) is 38.9 Å². The minimum atomic E-state index is 0.636.